The molecular weight excluding hydrogens is 412 g/mol. The molecule has 0 atom stereocenters. The minimum atomic E-state index is -1.74. The molecule has 0 saturated carbocycles. The molecule has 1 fully saturated rings. The van der Waals surface area contributed by atoms with Crippen LogP contribution >= 0.6 is 0 Å². The second kappa shape index (κ2) is 18.3. The van der Waals surface area contributed by atoms with Gasteiger partial charge >= 0.3 is 24.0 Å². The van der Waals surface area contributed by atoms with Crippen LogP contribution in [0.15, 0.2) is 0 Å². The van der Waals surface area contributed by atoms with Gasteiger partial charge in [-0.05, 0) is 57.9 Å². The van der Waals surface area contributed by atoms with Crippen LogP contribution < -0.4 is 17.2 Å². The first-order chi connectivity index (χ1) is 14.4. The van der Waals surface area contributed by atoms with Gasteiger partial charge in [-0.3, -0.25) is 9.59 Å². The maximum Gasteiger partial charge on any atom is 0.407 e. The molecule has 10 N–H and O–H groups in total. The number of carbonyl (C=O) groups is 4. The minimum Gasteiger partial charge on any atom is -0.481 e. The molecule has 12 nitrogen and oxygen atoms in total. The molecule has 182 valence electrons. The summed E-state index contributed by atoms with van der Waals surface area (Å²) in [4.78, 5) is 42.1. The summed E-state index contributed by atoms with van der Waals surface area (Å²) in [6, 6.07) is 0. The molecule has 1 aliphatic rings. The summed E-state index contributed by atoms with van der Waals surface area (Å²) in [5.41, 5.74) is 13.9. The van der Waals surface area contributed by atoms with Gasteiger partial charge in [-0.1, -0.05) is 6.42 Å². The Hall–Kier alpha value is -2.44. The highest BCUT2D eigenvalue weighted by atomic mass is 16.4. The Morgan fingerprint density at radius 1 is 0.742 bits per heavy atom. The molecule has 31 heavy (non-hydrogen) atoms. The van der Waals surface area contributed by atoms with Gasteiger partial charge in [-0.15, -0.1) is 0 Å². The number of piperidine rings is 1. The zero-order valence-electron chi connectivity index (χ0n) is 18.0. The summed E-state index contributed by atoms with van der Waals surface area (Å²) in [7, 11) is 0. The van der Waals surface area contributed by atoms with Crippen LogP contribution in [-0.2, 0) is 14.4 Å². The van der Waals surface area contributed by atoms with Gasteiger partial charge in [0.15, 0.2) is 5.66 Å². The highest BCUT2D eigenvalue weighted by Crippen LogP contribution is 2.08. The molecule has 0 aromatic carbocycles. The number of hydrogen-bond acceptors (Lipinski definition) is 7. The lowest BCUT2D eigenvalue weighted by molar-refractivity contribution is -0.143. The Morgan fingerprint density at radius 3 is 1.58 bits per heavy atom. The molecule has 1 heterocycles. The van der Waals surface area contributed by atoms with Crippen molar-refractivity contribution in [3.8, 4) is 0 Å². The fourth-order valence-electron chi connectivity index (χ4n) is 2.48. The lowest BCUT2D eigenvalue weighted by Gasteiger charge is -2.22. The zero-order valence-corrected chi connectivity index (χ0v) is 18.0. The van der Waals surface area contributed by atoms with E-state index >= 15 is 0 Å². The van der Waals surface area contributed by atoms with E-state index in [0.717, 1.165) is 45.2 Å². The highest BCUT2D eigenvalue weighted by molar-refractivity contribution is 5.77. The Balaban J connectivity index is 0. The van der Waals surface area contributed by atoms with E-state index in [1.54, 1.807) is 0 Å². The molecule has 0 aliphatic carbocycles. The Kier molecular flexibility index (Phi) is 18.2. The molecular formula is C19H38N4O8. The van der Waals surface area contributed by atoms with Gasteiger partial charge in [-0.2, -0.15) is 0 Å². The fourth-order valence-corrected chi connectivity index (χ4v) is 2.48. The van der Waals surface area contributed by atoms with Crippen molar-refractivity contribution in [2.45, 2.75) is 76.3 Å². The maximum absolute atomic E-state index is 10.4. The molecule has 1 saturated heterocycles. The van der Waals surface area contributed by atoms with Crippen LogP contribution in [0.3, 0.4) is 0 Å². The quantitative estimate of drug-likeness (QED) is 0.174. The zero-order chi connectivity index (χ0) is 24.3. The molecule has 0 unspecified atom stereocenters. The summed E-state index contributed by atoms with van der Waals surface area (Å²) in [6.07, 6.45) is 6.26. The molecule has 0 bridgehead atoms. The first-order valence-electron chi connectivity index (χ1n) is 10.4. The molecule has 0 radical (unpaired) electrons. The van der Waals surface area contributed by atoms with E-state index in [1.165, 1.54) is 11.3 Å². The number of carboxylic acids is 3. The SMILES string of the molecule is NC(N)(CCCCC(=O)O)C(=O)O.NCCCCCC(=O)O.O=C(O)N1CCCCC1. The highest BCUT2D eigenvalue weighted by Gasteiger charge is 2.27. The van der Waals surface area contributed by atoms with Gasteiger partial charge in [0.25, 0.3) is 0 Å². The predicted molar refractivity (Wildman–Crippen MR) is 113 cm³/mol. The van der Waals surface area contributed by atoms with E-state index in [9.17, 15) is 19.2 Å². The number of amides is 1. The third-order valence-corrected chi connectivity index (χ3v) is 4.35. The standard InChI is InChI=1S/C7H14N2O4.C6H11NO2.C6H13NO2/c8-7(9,6(12)13)4-2-1-3-5(10)11;8-6(9)7-4-2-1-3-5-7;7-5-3-1-2-4-6(8)9/h1-4,8-9H2,(H,10,11)(H,12,13);1-5H2,(H,8,9);1-5,7H2,(H,8,9). The second-order valence-corrected chi connectivity index (χ2v) is 7.27. The smallest absolute Gasteiger partial charge is 0.407 e. The van der Waals surface area contributed by atoms with Crippen LogP contribution in [0.2, 0.25) is 0 Å². The number of likely N-dealkylation sites (tertiary alicyclic amines) is 1. The Morgan fingerprint density at radius 2 is 1.23 bits per heavy atom. The van der Waals surface area contributed by atoms with E-state index in [-0.39, 0.29) is 19.3 Å². The van der Waals surface area contributed by atoms with Crippen molar-refractivity contribution in [1.29, 1.82) is 0 Å². The van der Waals surface area contributed by atoms with Gasteiger partial charge in [0.2, 0.25) is 0 Å². The van der Waals surface area contributed by atoms with Crippen molar-refractivity contribution < 1.29 is 39.6 Å². The van der Waals surface area contributed by atoms with Gasteiger partial charge in [0, 0.05) is 25.9 Å². The van der Waals surface area contributed by atoms with Crippen molar-refractivity contribution in [2.75, 3.05) is 19.6 Å². The summed E-state index contributed by atoms with van der Waals surface area (Å²) < 4.78 is 0. The number of carboxylic acid groups (broad SMARTS) is 4. The maximum atomic E-state index is 10.4. The summed E-state index contributed by atoms with van der Waals surface area (Å²) in [5, 5.41) is 33.4. The van der Waals surface area contributed by atoms with Crippen LogP contribution in [0.1, 0.15) is 70.6 Å². The number of aliphatic carboxylic acids is 3. The summed E-state index contributed by atoms with van der Waals surface area (Å²) >= 11 is 0. The second-order valence-electron chi connectivity index (χ2n) is 7.27. The molecule has 0 aromatic rings. The largest absolute Gasteiger partial charge is 0.481 e. The molecule has 1 aliphatic heterocycles. The van der Waals surface area contributed by atoms with Gasteiger partial charge in [-0.25, -0.2) is 9.59 Å². The van der Waals surface area contributed by atoms with Crippen LogP contribution in [0.5, 0.6) is 0 Å². The third kappa shape index (κ3) is 20.6. The Labute approximate surface area is 182 Å². The van der Waals surface area contributed by atoms with Crippen LogP contribution in [-0.4, -0.2) is 74.6 Å². The predicted octanol–water partition coefficient (Wildman–Crippen LogP) is 1.07. The number of unbranched alkanes of at least 4 members (excludes halogenated alkanes) is 3. The fraction of sp³-hybridized carbons (Fsp3) is 0.789. The number of rotatable bonds is 11. The van der Waals surface area contributed by atoms with Crippen molar-refractivity contribution in [3.63, 3.8) is 0 Å². The van der Waals surface area contributed by atoms with Crippen LogP contribution in [0.25, 0.3) is 0 Å². The number of hydrogen-bond donors (Lipinski definition) is 7. The van der Waals surface area contributed by atoms with Gasteiger partial charge in [0.05, 0.1) is 0 Å². The van der Waals surface area contributed by atoms with E-state index < -0.39 is 29.7 Å². The molecule has 0 aromatic heterocycles. The van der Waals surface area contributed by atoms with E-state index in [1.807, 2.05) is 0 Å². The van der Waals surface area contributed by atoms with Crippen molar-refractivity contribution in [2.24, 2.45) is 17.2 Å². The normalized spacial score (nSPS) is 13.2. The van der Waals surface area contributed by atoms with E-state index in [4.69, 9.17) is 37.6 Å². The van der Waals surface area contributed by atoms with Crippen molar-refractivity contribution >= 4 is 24.0 Å². The molecule has 0 spiro atoms. The summed E-state index contributed by atoms with van der Waals surface area (Å²) in [6.45, 7) is 2.13. The van der Waals surface area contributed by atoms with Crippen LogP contribution in [0.4, 0.5) is 4.79 Å². The van der Waals surface area contributed by atoms with Gasteiger partial charge < -0.3 is 42.5 Å². The lowest BCUT2D eigenvalue weighted by atomic mass is 10.0. The molecule has 1 rings (SSSR count). The monoisotopic (exact) mass is 450 g/mol. The van der Waals surface area contributed by atoms with E-state index in [0.29, 0.717) is 19.4 Å². The average molecular weight is 451 g/mol. The van der Waals surface area contributed by atoms with Gasteiger partial charge in [0.1, 0.15) is 0 Å². The van der Waals surface area contributed by atoms with Crippen molar-refractivity contribution in [1.82, 2.24) is 4.90 Å². The molecule has 12 heteroatoms. The first kappa shape index (κ1) is 30.8. The Bertz CT molecular complexity index is 537. The van der Waals surface area contributed by atoms with Crippen molar-refractivity contribution in [3.05, 3.63) is 0 Å². The lowest BCUT2D eigenvalue weighted by Crippen LogP contribution is -2.56. The third-order valence-electron chi connectivity index (χ3n) is 4.35. The minimum absolute atomic E-state index is 0.00962. The van der Waals surface area contributed by atoms with Crippen LogP contribution in [0, 0.1) is 0 Å². The molecule has 1 amide bonds. The number of nitrogens with two attached hydrogens (primary N) is 3. The summed E-state index contributed by atoms with van der Waals surface area (Å²) in [5.74, 6) is -2.90. The van der Waals surface area contributed by atoms with E-state index in [2.05, 4.69) is 0 Å². The topological polar surface area (TPSA) is 230 Å². The average Bonchev–Trinajstić information content (AvgIpc) is 2.70. The number of nitrogens with zero attached hydrogens (tertiary/aromatic N) is 1. The first-order valence-corrected chi connectivity index (χ1v) is 10.4.